The third-order valence-electron chi connectivity index (χ3n) is 4.36. The summed E-state index contributed by atoms with van der Waals surface area (Å²) in [6.45, 7) is 5.14. The predicted octanol–water partition coefficient (Wildman–Crippen LogP) is 2.80. The minimum absolute atomic E-state index is 0.0166. The van der Waals surface area contributed by atoms with Gasteiger partial charge >= 0.3 is 0 Å². The van der Waals surface area contributed by atoms with Crippen LogP contribution in [0.25, 0.3) is 0 Å². The minimum Gasteiger partial charge on any atom is -0.379 e. The van der Waals surface area contributed by atoms with Crippen LogP contribution >= 0.6 is 22.9 Å². The number of rotatable bonds is 8. The molecule has 0 saturated carbocycles. The number of hydrogen-bond acceptors (Lipinski definition) is 6. The van der Waals surface area contributed by atoms with E-state index in [1.54, 1.807) is 12.1 Å². The topological polar surface area (TPSA) is 84.0 Å². The van der Waals surface area contributed by atoms with Gasteiger partial charge < -0.3 is 4.74 Å². The summed E-state index contributed by atoms with van der Waals surface area (Å²) in [7, 11) is -7.53. The second kappa shape index (κ2) is 9.25. The summed E-state index contributed by atoms with van der Waals surface area (Å²) in [5.41, 5.74) is 0. The van der Waals surface area contributed by atoms with Crippen LogP contribution in [0.2, 0.25) is 4.34 Å². The summed E-state index contributed by atoms with van der Waals surface area (Å²) in [5, 5.41) is 0. The van der Waals surface area contributed by atoms with Crippen LogP contribution in [-0.2, 0) is 31.3 Å². The van der Waals surface area contributed by atoms with Crippen LogP contribution in [0.4, 0.5) is 0 Å². The Kier molecular flexibility index (Phi) is 7.15. The first-order chi connectivity index (χ1) is 13.7. The summed E-state index contributed by atoms with van der Waals surface area (Å²) in [4.78, 5) is 0.869. The largest absolute Gasteiger partial charge is 0.379 e. The molecule has 0 unspecified atom stereocenters. The number of morpholine rings is 1. The Labute approximate surface area is 180 Å². The fraction of sp³-hybridized carbons (Fsp3) is 0.333. The normalized spacial score (nSPS) is 16.2. The molecule has 1 fully saturated rings. The SMILES string of the molecule is C=CCN(Cc1ccc(Cl)s1)S(=O)(=O)c1ccc(S(=O)(=O)N2CCOCC2)cc1. The van der Waals surface area contributed by atoms with Crippen LogP contribution in [0.15, 0.2) is 58.8 Å². The fourth-order valence-electron chi connectivity index (χ4n) is 2.87. The van der Waals surface area contributed by atoms with Crippen molar-refractivity contribution in [2.45, 2.75) is 16.3 Å². The van der Waals surface area contributed by atoms with Gasteiger partial charge in [-0.1, -0.05) is 17.7 Å². The lowest BCUT2D eigenvalue weighted by molar-refractivity contribution is 0.0730. The Balaban J connectivity index is 1.85. The van der Waals surface area contributed by atoms with E-state index in [4.69, 9.17) is 16.3 Å². The summed E-state index contributed by atoms with van der Waals surface area (Å²) >= 11 is 7.24. The standard InChI is InChI=1S/C18H21ClN2O5S3/c1-2-9-21(14-15-3-8-18(19)27-15)29(24,25)17-6-4-16(5-7-17)28(22,23)20-10-12-26-13-11-20/h2-8H,1,9-14H2. The van der Waals surface area contributed by atoms with Gasteiger partial charge in [0.2, 0.25) is 20.0 Å². The van der Waals surface area contributed by atoms with Crippen molar-refractivity contribution in [3.8, 4) is 0 Å². The second-order valence-electron chi connectivity index (χ2n) is 6.28. The molecule has 0 radical (unpaired) electrons. The highest BCUT2D eigenvalue weighted by Crippen LogP contribution is 2.26. The highest BCUT2D eigenvalue weighted by molar-refractivity contribution is 7.89. The average molecular weight is 477 g/mol. The van der Waals surface area contributed by atoms with Gasteiger partial charge in [-0.2, -0.15) is 8.61 Å². The first-order valence-electron chi connectivity index (χ1n) is 8.78. The van der Waals surface area contributed by atoms with Gasteiger partial charge in [0.1, 0.15) is 0 Å². The quantitative estimate of drug-likeness (QED) is 0.547. The van der Waals surface area contributed by atoms with Crippen LogP contribution in [-0.4, -0.2) is 58.3 Å². The van der Waals surface area contributed by atoms with Crippen molar-refractivity contribution >= 4 is 43.0 Å². The third kappa shape index (κ3) is 5.08. The van der Waals surface area contributed by atoms with E-state index in [0.29, 0.717) is 17.6 Å². The van der Waals surface area contributed by atoms with Crippen LogP contribution in [0.5, 0.6) is 0 Å². The van der Waals surface area contributed by atoms with E-state index in [1.165, 1.54) is 50.3 Å². The lowest BCUT2D eigenvalue weighted by Gasteiger charge is -2.26. The van der Waals surface area contributed by atoms with Crippen LogP contribution < -0.4 is 0 Å². The highest BCUT2D eigenvalue weighted by atomic mass is 35.5. The van der Waals surface area contributed by atoms with Crippen LogP contribution in [0, 0.1) is 0 Å². The molecule has 29 heavy (non-hydrogen) atoms. The molecular weight excluding hydrogens is 456 g/mol. The molecule has 3 rings (SSSR count). The molecule has 0 aliphatic carbocycles. The number of halogens is 1. The van der Waals surface area contributed by atoms with Crippen LogP contribution in [0.3, 0.4) is 0 Å². The first kappa shape index (κ1) is 22.4. The molecule has 1 aromatic carbocycles. The Morgan fingerprint density at radius 2 is 1.69 bits per heavy atom. The molecular formula is C18H21ClN2O5S3. The zero-order chi connectivity index (χ0) is 21.1. The van der Waals surface area contributed by atoms with Gasteiger partial charge in [-0.15, -0.1) is 17.9 Å². The fourth-order valence-corrected chi connectivity index (χ4v) is 6.85. The number of thiophene rings is 1. The highest BCUT2D eigenvalue weighted by Gasteiger charge is 2.28. The van der Waals surface area contributed by atoms with E-state index in [-0.39, 0.29) is 36.0 Å². The summed E-state index contributed by atoms with van der Waals surface area (Å²) < 4.78 is 59.9. The van der Waals surface area contributed by atoms with Gasteiger partial charge in [0.05, 0.1) is 27.3 Å². The molecule has 0 N–H and O–H groups in total. The number of benzene rings is 1. The lowest BCUT2D eigenvalue weighted by Crippen LogP contribution is -2.40. The Hall–Kier alpha value is -1.27. The monoisotopic (exact) mass is 476 g/mol. The molecule has 0 amide bonds. The lowest BCUT2D eigenvalue weighted by atomic mass is 10.4. The molecule has 1 aliphatic heterocycles. The van der Waals surface area contributed by atoms with Gasteiger partial charge in [-0.05, 0) is 36.4 Å². The smallest absolute Gasteiger partial charge is 0.243 e. The molecule has 11 heteroatoms. The van der Waals surface area contributed by atoms with Crippen molar-refractivity contribution in [3.05, 3.63) is 58.3 Å². The molecule has 0 spiro atoms. The maximum absolute atomic E-state index is 13.1. The minimum atomic E-state index is -3.84. The Morgan fingerprint density at radius 3 is 2.24 bits per heavy atom. The summed E-state index contributed by atoms with van der Waals surface area (Å²) in [6, 6.07) is 8.78. The van der Waals surface area contributed by atoms with E-state index < -0.39 is 20.0 Å². The zero-order valence-electron chi connectivity index (χ0n) is 15.5. The van der Waals surface area contributed by atoms with E-state index in [2.05, 4.69) is 6.58 Å². The van der Waals surface area contributed by atoms with Gasteiger partial charge in [0, 0.05) is 31.1 Å². The van der Waals surface area contributed by atoms with Gasteiger partial charge in [-0.3, -0.25) is 0 Å². The number of sulfonamides is 2. The van der Waals surface area contributed by atoms with Crippen molar-refractivity contribution in [2.75, 3.05) is 32.8 Å². The van der Waals surface area contributed by atoms with Crippen molar-refractivity contribution in [1.82, 2.24) is 8.61 Å². The molecule has 1 saturated heterocycles. The average Bonchev–Trinajstić information content (AvgIpc) is 3.13. The Bertz CT molecular complexity index is 1060. The van der Waals surface area contributed by atoms with Crippen LogP contribution in [0.1, 0.15) is 4.88 Å². The molecule has 0 atom stereocenters. The van der Waals surface area contributed by atoms with Gasteiger partial charge in [0.25, 0.3) is 0 Å². The third-order valence-corrected chi connectivity index (χ3v) is 9.32. The molecule has 1 aliphatic rings. The summed E-state index contributed by atoms with van der Waals surface area (Å²) in [6.07, 6.45) is 1.50. The molecule has 1 aromatic heterocycles. The first-order valence-corrected chi connectivity index (χ1v) is 12.9. The molecule has 2 aromatic rings. The molecule has 158 valence electrons. The van der Waals surface area contributed by atoms with Gasteiger partial charge in [0.15, 0.2) is 0 Å². The van der Waals surface area contributed by atoms with E-state index in [0.717, 1.165) is 4.88 Å². The predicted molar refractivity (Wildman–Crippen MR) is 113 cm³/mol. The molecule has 7 nitrogen and oxygen atoms in total. The number of hydrogen-bond donors (Lipinski definition) is 0. The summed E-state index contributed by atoms with van der Waals surface area (Å²) in [5.74, 6) is 0. The van der Waals surface area contributed by atoms with Crippen molar-refractivity contribution < 1.29 is 21.6 Å². The van der Waals surface area contributed by atoms with E-state index in [1.807, 2.05) is 0 Å². The zero-order valence-corrected chi connectivity index (χ0v) is 18.7. The second-order valence-corrected chi connectivity index (χ2v) is 12.0. The maximum Gasteiger partial charge on any atom is 0.243 e. The van der Waals surface area contributed by atoms with Crippen molar-refractivity contribution in [1.29, 1.82) is 0 Å². The maximum atomic E-state index is 13.1. The number of nitrogens with zero attached hydrogens (tertiary/aromatic N) is 2. The molecule has 2 heterocycles. The van der Waals surface area contributed by atoms with E-state index in [9.17, 15) is 16.8 Å². The van der Waals surface area contributed by atoms with E-state index >= 15 is 0 Å². The Morgan fingerprint density at radius 1 is 1.07 bits per heavy atom. The van der Waals surface area contributed by atoms with Gasteiger partial charge in [-0.25, -0.2) is 16.8 Å². The van der Waals surface area contributed by atoms with Crippen molar-refractivity contribution in [2.24, 2.45) is 0 Å². The van der Waals surface area contributed by atoms with Crippen molar-refractivity contribution in [3.63, 3.8) is 0 Å². The number of ether oxygens (including phenoxy) is 1. The molecule has 0 bridgehead atoms.